The summed E-state index contributed by atoms with van der Waals surface area (Å²) in [5, 5.41) is 11.1. The van der Waals surface area contributed by atoms with E-state index in [4.69, 9.17) is 10.00 Å². The van der Waals surface area contributed by atoms with Crippen LogP contribution in [0.15, 0.2) is 66.0 Å². The molecule has 0 radical (unpaired) electrons. The molecule has 2 aliphatic rings. The fourth-order valence-electron chi connectivity index (χ4n) is 5.11. The van der Waals surface area contributed by atoms with Crippen molar-refractivity contribution in [2.45, 2.75) is 32.0 Å². The molecule has 0 bridgehead atoms. The van der Waals surface area contributed by atoms with E-state index in [0.29, 0.717) is 18.6 Å². The molecule has 37 heavy (non-hydrogen) atoms. The van der Waals surface area contributed by atoms with Crippen LogP contribution in [0, 0.1) is 11.3 Å². The molecule has 3 heterocycles. The zero-order valence-corrected chi connectivity index (χ0v) is 22.0. The Morgan fingerprint density at radius 2 is 1.76 bits per heavy atom. The summed E-state index contributed by atoms with van der Waals surface area (Å²) in [4.78, 5) is 20.7. The minimum Gasteiger partial charge on any atom is -0.372 e. The zero-order chi connectivity index (χ0) is 25.5. The van der Waals surface area contributed by atoms with Gasteiger partial charge in [-0.25, -0.2) is 0 Å². The summed E-state index contributed by atoms with van der Waals surface area (Å²) in [7, 11) is 0. The average Bonchev–Trinajstić information content (AvgIpc) is 3.67. The Balaban J connectivity index is 1.24. The number of benzene rings is 2. The van der Waals surface area contributed by atoms with E-state index < -0.39 is 0 Å². The van der Waals surface area contributed by atoms with E-state index in [1.165, 1.54) is 24.1 Å². The van der Waals surface area contributed by atoms with Crippen LogP contribution in [0.2, 0.25) is 0 Å². The first-order valence-electron chi connectivity index (χ1n) is 13.2. The van der Waals surface area contributed by atoms with Gasteiger partial charge >= 0.3 is 0 Å². The predicted octanol–water partition coefficient (Wildman–Crippen LogP) is 4.86. The van der Waals surface area contributed by atoms with Crippen molar-refractivity contribution in [2.75, 3.05) is 50.7 Å². The molecular weight excluding hydrogens is 480 g/mol. The molecule has 0 saturated carbocycles. The molecule has 0 N–H and O–H groups in total. The fourth-order valence-corrected chi connectivity index (χ4v) is 5.81. The van der Waals surface area contributed by atoms with Crippen molar-refractivity contribution in [3.8, 4) is 6.07 Å². The number of ether oxygens (including phenoxy) is 1. The molecule has 1 amide bonds. The molecule has 2 aromatic carbocycles. The number of carbonyl (C=O) groups excluding carboxylic acids is 1. The average molecular weight is 515 g/mol. The van der Waals surface area contributed by atoms with Crippen LogP contribution in [-0.2, 0) is 22.6 Å². The molecule has 1 aromatic heterocycles. The van der Waals surface area contributed by atoms with E-state index in [2.05, 4.69) is 40.1 Å². The third kappa shape index (κ3) is 6.78. The molecule has 0 aliphatic carbocycles. The lowest BCUT2D eigenvalue weighted by Crippen LogP contribution is -2.50. The van der Waals surface area contributed by atoms with Crippen LogP contribution in [0.1, 0.15) is 40.5 Å². The van der Waals surface area contributed by atoms with Crippen LogP contribution in [0.3, 0.4) is 0 Å². The van der Waals surface area contributed by atoms with Gasteiger partial charge in [-0.05, 0) is 59.7 Å². The molecule has 1 atom stereocenters. The highest BCUT2D eigenvalue weighted by Crippen LogP contribution is 2.28. The normalized spacial score (nSPS) is 17.1. The number of hydrogen-bond donors (Lipinski definition) is 0. The molecule has 192 valence electrons. The van der Waals surface area contributed by atoms with Crippen molar-refractivity contribution in [3.05, 3.63) is 87.6 Å². The van der Waals surface area contributed by atoms with Gasteiger partial charge in [-0.2, -0.15) is 5.26 Å². The number of nitrogens with zero attached hydrogens (tertiary/aromatic N) is 4. The topological polar surface area (TPSA) is 59.8 Å². The Morgan fingerprint density at radius 3 is 2.46 bits per heavy atom. The summed E-state index contributed by atoms with van der Waals surface area (Å²) >= 11 is 1.64. The van der Waals surface area contributed by atoms with E-state index >= 15 is 0 Å². The third-order valence-electron chi connectivity index (χ3n) is 7.30. The Labute approximate surface area is 223 Å². The van der Waals surface area contributed by atoms with Crippen molar-refractivity contribution in [3.63, 3.8) is 0 Å². The first-order chi connectivity index (χ1) is 18.2. The molecule has 2 aliphatic heterocycles. The maximum Gasteiger partial charge on any atom is 0.227 e. The van der Waals surface area contributed by atoms with Crippen LogP contribution < -0.4 is 4.90 Å². The van der Waals surface area contributed by atoms with Crippen molar-refractivity contribution in [2.24, 2.45) is 0 Å². The highest BCUT2D eigenvalue weighted by atomic mass is 32.1. The lowest BCUT2D eigenvalue weighted by molar-refractivity contribution is -0.132. The van der Waals surface area contributed by atoms with E-state index in [9.17, 15) is 4.79 Å². The van der Waals surface area contributed by atoms with Gasteiger partial charge in [0.1, 0.15) is 0 Å². The van der Waals surface area contributed by atoms with Crippen LogP contribution in [-0.4, -0.2) is 61.5 Å². The fraction of sp³-hybridized carbons (Fsp3) is 0.400. The number of amides is 1. The van der Waals surface area contributed by atoms with Crippen molar-refractivity contribution >= 4 is 22.9 Å². The highest BCUT2D eigenvalue weighted by molar-refractivity contribution is 7.10. The van der Waals surface area contributed by atoms with Crippen molar-refractivity contribution < 1.29 is 9.53 Å². The maximum absolute atomic E-state index is 12.7. The molecule has 3 aromatic rings. The molecule has 2 fully saturated rings. The van der Waals surface area contributed by atoms with E-state index in [0.717, 1.165) is 56.3 Å². The van der Waals surface area contributed by atoms with Gasteiger partial charge in [-0.1, -0.05) is 30.3 Å². The number of hydrogen-bond acceptors (Lipinski definition) is 6. The third-order valence-corrected chi connectivity index (χ3v) is 8.18. The summed E-state index contributed by atoms with van der Waals surface area (Å²) in [6.45, 7) is 6.69. The van der Waals surface area contributed by atoms with Gasteiger partial charge in [0.25, 0.3) is 0 Å². The van der Waals surface area contributed by atoms with E-state index in [1.807, 2.05) is 46.7 Å². The smallest absolute Gasteiger partial charge is 0.227 e. The van der Waals surface area contributed by atoms with Crippen molar-refractivity contribution in [1.29, 1.82) is 5.26 Å². The van der Waals surface area contributed by atoms with Crippen LogP contribution in [0.4, 0.5) is 5.69 Å². The monoisotopic (exact) mass is 514 g/mol. The van der Waals surface area contributed by atoms with Gasteiger partial charge in [0.05, 0.1) is 30.8 Å². The second-order valence-corrected chi connectivity index (χ2v) is 10.9. The van der Waals surface area contributed by atoms with Gasteiger partial charge in [0.15, 0.2) is 0 Å². The van der Waals surface area contributed by atoms with Crippen molar-refractivity contribution in [1.82, 2.24) is 9.80 Å². The summed E-state index contributed by atoms with van der Waals surface area (Å²) in [5.74, 6) is 0.217. The maximum atomic E-state index is 12.7. The Morgan fingerprint density at radius 1 is 0.973 bits per heavy atom. The number of carbonyl (C=O) groups is 1. The predicted molar refractivity (Wildman–Crippen MR) is 148 cm³/mol. The van der Waals surface area contributed by atoms with Crippen LogP contribution >= 0.6 is 11.3 Å². The van der Waals surface area contributed by atoms with E-state index in [-0.39, 0.29) is 12.0 Å². The van der Waals surface area contributed by atoms with Gasteiger partial charge in [-0.3, -0.25) is 9.69 Å². The lowest BCUT2D eigenvalue weighted by Gasteiger charge is -2.36. The molecule has 5 rings (SSSR count). The molecular formula is C30H34N4O2S. The quantitative estimate of drug-likeness (QED) is 0.408. The molecule has 7 heteroatoms. The first-order valence-corrected chi connectivity index (χ1v) is 14.0. The summed E-state index contributed by atoms with van der Waals surface area (Å²) in [6, 6.07) is 22.6. The van der Waals surface area contributed by atoms with Crippen LogP contribution in [0.25, 0.3) is 0 Å². The number of nitriles is 1. The SMILES string of the molecule is N#Cc1ccc(COC(CN2CCN(C(=O)Cc3cccs3)CC2)c2cccc(N3CCCC3)c2)cc1. The van der Waals surface area contributed by atoms with Gasteiger partial charge in [-0.15, -0.1) is 11.3 Å². The number of rotatable bonds is 9. The standard InChI is InChI=1S/C30H34N4O2S/c31-21-24-8-10-25(11-9-24)23-36-29(26-5-3-6-27(19-26)33-12-1-2-13-33)22-32-14-16-34(17-15-32)30(35)20-28-7-4-18-37-28/h3-11,18-19,29H,1-2,12-17,20,22-23H2. The second kappa shape index (κ2) is 12.4. The second-order valence-electron chi connectivity index (χ2n) is 9.84. The van der Waals surface area contributed by atoms with Gasteiger partial charge in [0.2, 0.25) is 5.91 Å². The summed E-state index contributed by atoms with van der Waals surface area (Å²) < 4.78 is 6.53. The Bertz CT molecular complexity index is 1190. The lowest BCUT2D eigenvalue weighted by atomic mass is 10.1. The number of piperazine rings is 1. The number of thiophene rings is 1. The largest absolute Gasteiger partial charge is 0.372 e. The molecule has 0 spiro atoms. The molecule has 2 saturated heterocycles. The van der Waals surface area contributed by atoms with Crippen LogP contribution in [0.5, 0.6) is 0 Å². The summed E-state index contributed by atoms with van der Waals surface area (Å²) in [6.07, 6.45) is 2.92. The number of anilines is 1. The molecule has 6 nitrogen and oxygen atoms in total. The zero-order valence-electron chi connectivity index (χ0n) is 21.2. The van der Waals surface area contributed by atoms with Gasteiger partial charge in [0, 0.05) is 56.4 Å². The first kappa shape index (κ1) is 25.5. The Hall–Kier alpha value is -3.18. The summed E-state index contributed by atoms with van der Waals surface area (Å²) in [5.41, 5.74) is 4.18. The van der Waals surface area contributed by atoms with Gasteiger partial charge < -0.3 is 14.5 Å². The minimum absolute atomic E-state index is 0.0773. The molecule has 1 unspecified atom stereocenters. The van der Waals surface area contributed by atoms with E-state index in [1.54, 1.807) is 11.3 Å². The highest BCUT2D eigenvalue weighted by Gasteiger charge is 2.25. The Kier molecular flexibility index (Phi) is 8.52. The minimum atomic E-state index is -0.0773.